The van der Waals surface area contributed by atoms with E-state index < -0.39 is 0 Å². The van der Waals surface area contributed by atoms with Crippen molar-refractivity contribution in [2.75, 3.05) is 29.6 Å². The third-order valence-electron chi connectivity index (χ3n) is 4.09. The number of para-hydroxylation sites is 1. The Labute approximate surface area is 167 Å². The fourth-order valence-electron chi connectivity index (χ4n) is 2.62. The average Bonchev–Trinajstić information content (AvgIpc) is 2.74. The Balaban J connectivity index is 1.61. The summed E-state index contributed by atoms with van der Waals surface area (Å²) in [6.45, 7) is -0.0210. The lowest BCUT2D eigenvalue weighted by Crippen LogP contribution is -2.23. The molecule has 2 amide bonds. The standard InChI is InChI=1S/C22H20FN3O3/c1-29-18-12-10-16(11-13-18)25-21(27)14-24-20-5-3-2-4-19(20)22(28)26-17-8-6-15(23)7-9-17/h2-13,24H,14H2,1H3,(H,25,27)(H,26,28). The summed E-state index contributed by atoms with van der Waals surface area (Å²) in [5.74, 6) is -0.311. The van der Waals surface area contributed by atoms with Crippen LogP contribution in [0.15, 0.2) is 72.8 Å². The van der Waals surface area contributed by atoms with Crippen LogP contribution in [0.1, 0.15) is 10.4 Å². The first-order valence-corrected chi connectivity index (χ1v) is 8.89. The zero-order valence-electron chi connectivity index (χ0n) is 15.7. The van der Waals surface area contributed by atoms with Crippen LogP contribution in [-0.2, 0) is 4.79 Å². The molecule has 148 valence electrons. The van der Waals surface area contributed by atoms with Gasteiger partial charge in [0.05, 0.1) is 19.2 Å². The highest BCUT2D eigenvalue weighted by atomic mass is 19.1. The maximum atomic E-state index is 13.0. The van der Waals surface area contributed by atoms with Gasteiger partial charge in [-0.25, -0.2) is 4.39 Å². The van der Waals surface area contributed by atoms with Crippen LogP contribution >= 0.6 is 0 Å². The first kappa shape index (κ1) is 19.9. The van der Waals surface area contributed by atoms with E-state index in [4.69, 9.17) is 4.74 Å². The van der Waals surface area contributed by atoms with Crippen molar-refractivity contribution in [3.63, 3.8) is 0 Å². The van der Waals surface area contributed by atoms with Gasteiger partial charge in [-0.1, -0.05) is 12.1 Å². The first-order valence-electron chi connectivity index (χ1n) is 8.89. The molecule has 3 aromatic carbocycles. The summed E-state index contributed by atoms with van der Waals surface area (Å²) in [5.41, 5.74) is 1.99. The van der Waals surface area contributed by atoms with Gasteiger partial charge in [0, 0.05) is 17.1 Å². The van der Waals surface area contributed by atoms with Crippen molar-refractivity contribution >= 4 is 28.9 Å². The van der Waals surface area contributed by atoms with Gasteiger partial charge in [-0.3, -0.25) is 9.59 Å². The number of benzene rings is 3. The predicted octanol–water partition coefficient (Wildman–Crippen LogP) is 4.14. The normalized spacial score (nSPS) is 10.1. The zero-order valence-corrected chi connectivity index (χ0v) is 15.7. The number of ether oxygens (including phenoxy) is 1. The van der Waals surface area contributed by atoms with Crippen molar-refractivity contribution in [3.8, 4) is 5.75 Å². The summed E-state index contributed by atoms with van der Waals surface area (Å²) in [4.78, 5) is 24.8. The molecule has 0 aromatic heterocycles. The summed E-state index contributed by atoms with van der Waals surface area (Å²) in [6, 6.07) is 19.3. The number of amides is 2. The first-order chi connectivity index (χ1) is 14.0. The number of halogens is 1. The van der Waals surface area contributed by atoms with Gasteiger partial charge in [-0.2, -0.15) is 0 Å². The van der Waals surface area contributed by atoms with Crippen LogP contribution in [0.2, 0.25) is 0 Å². The van der Waals surface area contributed by atoms with Crippen LogP contribution in [-0.4, -0.2) is 25.5 Å². The fourth-order valence-corrected chi connectivity index (χ4v) is 2.62. The number of carbonyl (C=O) groups is 2. The second-order valence-electron chi connectivity index (χ2n) is 6.14. The van der Waals surface area contributed by atoms with E-state index in [1.807, 2.05) is 0 Å². The van der Waals surface area contributed by atoms with Gasteiger partial charge in [-0.15, -0.1) is 0 Å². The number of carbonyl (C=O) groups excluding carboxylic acids is 2. The van der Waals surface area contributed by atoms with Crippen molar-refractivity contribution in [3.05, 3.63) is 84.2 Å². The van der Waals surface area contributed by atoms with Gasteiger partial charge in [0.1, 0.15) is 11.6 Å². The molecule has 0 fully saturated rings. The van der Waals surface area contributed by atoms with E-state index in [1.54, 1.807) is 55.6 Å². The third-order valence-corrected chi connectivity index (χ3v) is 4.09. The van der Waals surface area contributed by atoms with E-state index in [9.17, 15) is 14.0 Å². The monoisotopic (exact) mass is 393 g/mol. The van der Waals surface area contributed by atoms with Crippen molar-refractivity contribution in [1.82, 2.24) is 0 Å². The second kappa shape index (κ2) is 9.36. The highest BCUT2D eigenvalue weighted by molar-refractivity contribution is 6.08. The quantitative estimate of drug-likeness (QED) is 0.564. The molecule has 0 saturated heterocycles. The van der Waals surface area contributed by atoms with Crippen LogP contribution in [0, 0.1) is 5.82 Å². The maximum Gasteiger partial charge on any atom is 0.257 e. The Morgan fingerprint density at radius 2 is 1.48 bits per heavy atom. The molecule has 0 atom stereocenters. The summed E-state index contributed by atoms with van der Waals surface area (Å²) in [7, 11) is 1.57. The van der Waals surface area contributed by atoms with Gasteiger partial charge in [0.2, 0.25) is 5.91 Å². The number of rotatable bonds is 7. The van der Waals surface area contributed by atoms with Gasteiger partial charge in [0.15, 0.2) is 0 Å². The molecule has 0 radical (unpaired) electrons. The SMILES string of the molecule is COc1ccc(NC(=O)CNc2ccccc2C(=O)Nc2ccc(F)cc2)cc1. The second-order valence-corrected chi connectivity index (χ2v) is 6.14. The highest BCUT2D eigenvalue weighted by Crippen LogP contribution is 2.18. The Morgan fingerprint density at radius 1 is 0.862 bits per heavy atom. The molecule has 0 heterocycles. The minimum atomic E-state index is -0.382. The maximum absolute atomic E-state index is 13.0. The lowest BCUT2D eigenvalue weighted by atomic mass is 10.1. The van der Waals surface area contributed by atoms with Crippen LogP contribution in [0.5, 0.6) is 5.75 Å². The molecule has 29 heavy (non-hydrogen) atoms. The Hall–Kier alpha value is -3.87. The number of nitrogens with one attached hydrogen (secondary N) is 3. The van der Waals surface area contributed by atoms with Crippen LogP contribution < -0.4 is 20.7 Å². The molecule has 3 rings (SSSR count). The summed E-state index contributed by atoms with van der Waals surface area (Å²) in [5, 5.41) is 8.44. The Kier molecular flexibility index (Phi) is 6.42. The Bertz CT molecular complexity index is 989. The fraction of sp³-hybridized carbons (Fsp3) is 0.0909. The van der Waals surface area contributed by atoms with Crippen LogP contribution in [0.3, 0.4) is 0 Å². The number of anilines is 3. The molecule has 7 heteroatoms. The van der Waals surface area contributed by atoms with Crippen molar-refractivity contribution in [2.45, 2.75) is 0 Å². The summed E-state index contributed by atoms with van der Waals surface area (Å²) < 4.78 is 18.1. The van der Waals surface area contributed by atoms with Crippen molar-refractivity contribution < 1.29 is 18.7 Å². The average molecular weight is 393 g/mol. The summed E-state index contributed by atoms with van der Waals surface area (Å²) >= 11 is 0. The molecular weight excluding hydrogens is 373 g/mol. The summed E-state index contributed by atoms with van der Waals surface area (Å²) in [6.07, 6.45) is 0. The van der Waals surface area contributed by atoms with Crippen LogP contribution in [0.4, 0.5) is 21.5 Å². The number of methoxy groups -OCH3 is 1. The van der Waals surface area contributed by atoms with E-state index in [0.717, 1.165) is 0 Å². The van der Waals surface area contributed by atoms with Crippen LogP contribution in [0.25, 0.3) is 0 Å². The number of hydrogen-bond acceptors (Lipinski definition) is 4. The van der Waals surface area contributed by atoms with E-state index in [-0.39, 0.29) is 24.2 Å². The zero-order chi connectivity index (χ0) is 20.6. The van der Waals surface area contributed by atoms with E-state index in [0.29, 0.717) is 28.4 Å². The highest BCUT2D eigenvalue weighted by Gasteiger charge is 2.12. The minimum Gasteiger partial charge on any atom is -0.497 e. The van der Waals surface area contributed by atoms with Crippen molar-refractivity contribution in [2.24, 2.45) is 0 Å². The largest absolute Gasteiger partial charge is 0.497 e. The van der Waals surface area contributed by atoms with E-state index in [2.05, 4.69) is 16.0 Å². The third kappa shape index (κ3) is 5.55. The predicted molar refractivity (Wildman–Crippen MR) is 111 cm³/mol. The lowest BCUT2D eigenvalue weighted by Gasteiger charge is -2.12. The molecule has 0 saturated carbocycles. The molecule has 0 aliphatic carbocycles. The molecule has 0 aliphatic heterocycles. The van der Waals surface area contributed by atoms with E-state index >= 15 is 0 Å². The van der Waals surface area contributed by atoms with Gasteiger partial charge in [0.25, 0.3) is 5.91 Å². The molecular formula is C22H20FN3O3. The van der Waals surface area contributed by atoms with Gasteiger partial charge >= 0.3 is 0 Å². The topological polar surface area (TPSA) is 79.5 Å². The molecule has 3 aromatic rings. The lowest BCUT2D eigenvalue weighted by molar-refractivity contribution is -0.114. The number of hydrogen-bond donors (Lipinski definition) is 3. The molecule has 0 unspecified atom stereocenters. The Morgan fingerprint density at radius 3 is 2.17 bits per heavy atom. The molecule has 0 bridgehead atoms. The molecule has 3 N–H and O–H groups in total. The molecule has 0 spiro atoms. The van der Waals surface area contributed by atoms with Gasteiger partial charge in [-0.05, 0) is 60.7 Å². The molecule has 0 aliphatic rings. The smallest absolute Gasteiger partial charge is 0.257 e. The van der Waals surface area contributed by atoms with Gasteiger partial charge < -0.3 is 20.7 Å². The van der Waals surface area contributed by atoms with E-state index in [1.165, 1.54) is 24.3 Å². The molecule has 6 nitrogen and oxygen atoms in total. The minimum absolute atomic E-state index is 0.0210. The van der Waals surface area contributed by atoms with Crippen molar-refractivity contribution in [1.29, 1.82) is 0 Å².